The predicted molar refractivity (Wildman–Crippen MR) is 192 cm³/mol. The summed E-state index contributed by atoms with van der Waals surface area (Å²) < 4.78 is 55.6. The van der Waals surface area contributed by atoms with Crippen molar-refractivity contribution < 1.29 is 37.0 Å². The van der Waals surface area contributed by atoms with E-state index in [1.54, 1.807) is 33.2 Å². The van der Waals surface area contributed by atoms with Gasteiger partial charge >= 0.3 is 12.5 Å². The number of nitrogens with one attached hydrogen (secondary N) is 2. The Kier molecular flexibility index (Phi) is 12.5. The van der Waals surface area contributed by atoms with E-state index < -0.39 is 23.8 Å². The van der Waals surface area contributed by atoms with Gasteiger partial charge in [-0.1, -0.05) is 17.7 Å². The molecular formula is C37H44ClF3N6O5. The number of nitrogens with zero attached hydrogens (tertiary/aromatic N) is 4. The number of fused-ring (bicyclic) bond motifs is 1. The molecule has 1 aliphatic rings. The summed E-state index contributed by atoms with van der Waals surface area (Å²) in [5.41, 5.74) is 4.76. The van der Waals surface area contributed by atoms with E-state index in [0.29, 0.717) is 31.7 Å². The molecule has 52 heavy (non-hydrogen) atoms. The number of carbonyl (C=O) groups is 2. The number of carbonyl (C=O) groups excluding carboxylic acids is 2. The van der Waals surface area contributed by atoms with Crippen molar-refractivity contribution in [1.82, 2.24) is 25.0 Å². The second kappa shape index (κ2) is 16.8. The molecule has 1 aliphatic heterocycles. The normalized spacial score (nSPS) is 15.0. The van der Waals surface area contributed by atoms with E-state index in [0.717, 1.165) is 58.6 Å². The average Bonchev–Trinajstić information content (AvgIpc) is 3.54. The van der Waals surface area contributed by atoms with Crippen LogP contribution in [0.1, 0.15) is 70.2 Å². The summed E-state index contributed by atoms with van der Waals surface area (Å²) in [5.74, 6) is -0.826. The van der Waals surface area contributed by atoms with Crippen LogP contribution in [0.3, 0.4) is 0 Å². The first kappa shape index (κ1) is 38.7. The number of hydrogen-bond acceptors (Lipinski definition) is 8. The van der Waals surface area contributed by atoms with Crippen LogP contribution in [-0.4, -0.2) is 69.9 Å². The molecule has 0 saturated carbocycles. The number of anilines is 1. The Morgan fingerprint density at radius 1 is 1.10 bits per heavy atom. The minimum atomic E-state index is -4.90. The summed E-state index contributed by atoms with van der Waals surface area (Å²) in [6.45, 7) is 8.85. The molecule has 280 valence electrons. The van der Waals surface area contributed by atoms with Gasteiger partial charge in [0.05, 0.1) is 16.7 Å². The first-order chi connectivity index (χ1) is 24.7. The van der Waals surface area contributed by atoms with Crippen LogP contribution in [0.2, 0.25) is 5.02 Å². The highest BCUT2D eigenvalue weighted by Crippen LogP contribution is 2.38. The number of hydrogen-bond donors (Lipinski definition) is 2. The first-order valence-corrected chi connectivity index (χ1v) is 17.6. The van der Waals surface area contributed by atoms with E-state index >= 15 is 0 Å². The van der Waals surface area contributed by atoms with Gasteiger partial charge in [0.2, 0.25) is 5.91 Å². The Labute approximate surface area is 305 Å². The van der Waals surface area contributed by atoms with Gasteiger partial charge < -0.3 is 29.7 Å². The van der Waals surface area contributed by atoms with Gasteiger partial charge in [-0.15, -0.1) is 13.2 Å². The molecule has 1 fully saturated rings. The Morgan fingerprint density at radius 3 is 2.54 bits per heavy atom. The second-order valence-electron chi connectivity index (χ2n) is 13.6. The van der Waals surface area contributed by atoms with Crippen molar-refractivity contribution in [1.29, 1.82) is 0 Å². The van der Waals surface area contributed by atoms with Gasteiger partial charge in [0.15, 0.2) is 6.23 Å². The second-order valence-corrected chi connectivity index (χ2v) is 14.0. The fourth-order valence-corrected chi connectivity index (χ4v) is 6.24. The Bertz CT molecular complexity index is 1840. The first-order valence-electron chi connectivity index (χ1n) is 17.2. The van der Waals surface area contributed by atoms with Crippen molar-refractivity contribution >= 4 is 40.2 Å². The maximum absolute atomic E-state index is 13.0. The smallest absolute Gasteiger partial charge is 0.444 e. The lowest BCUT2D eigenvalue weighted by atomic mass is 9.97. The largest absolute Gasteiger partial charge is 0.573 e. The van der Waals surface area contributed by atoms with Crippen molar-refractivity contribution in [2.45, 2.75) is 84.5 Å². The maximum Gasteiger partial charge on any atom is 0.573 e. The van der Waals surface area contributed by atoms with E-state index in [9.17, 15) is 22.8 Å². The van der Waals surface area contributed by atoms with Crippen molar-refractivity contribution in [2.75, 3.05) is 31.6 Å². The molecule has 0 spiro atoms. The third-order valence-electron chi connectivity index (χ3n) is 8.40. The Balaban J connectivity index is 1.19. The van der Waals surface area contributed by atoms with Crippen LogP contribution in [0.5, 0.6) is 5.75 Å². The molecule has 2 aromatic heterocycles. The van der Waals surface area contributed by atoms with E-state index in [4.69, 9.17) is 26.2 Å². The quantitative estimate of drug-likeness (QED) is 0.131. The number of amides is 2. The van der Waals surface area contributed by atoms with Gasteiger partial charge in [0.1, 0.15) is 11.4 Å². The molecule has 1 atom stereocenters. The van der Waals surface area contributed by atoms with E-state index in [1.165, 1.54) is 17.0 Å². The zero-order valence-corrected chi connectivity index (χ0v) is 30.4. The number of pyridine rings is 1. The van der Waals surface area contributed by atoms with Crippen LogP contribution >= 0.6 is 11.6 Å². The van der Waals surface area contributed by atoms with Crippen LogP contribution in [0.15, 0.2) is 55.0 Å². The number of ether oxygens (including phenoxy) is 3. The molecule has 1 unspecified atom stereocenters. The standard InChI is InChI=1S/C37H44ClF3N6O5/c1-24-27(26-11-16-42-17-12-26)21-30(28-22-45-47(34(24)28)33-8-5-6-19-50-33)43-14-7-15-44-32(48)13-18-46(35(49)52-36(2,3)4)23-25-9-10-31(29(38)20-25)51-37(39,40)41/h9-12,16-17,20-22,33,43H,5-8,13-15,18-19,23H2,1-4H3,(H,44,48). The lowest BCUT2D eigenvalue weighted by molar-refractivity contribution is -0.274. The maximum atomic E-state index is 13.0. The SMILES string of the molecule is Cc1c(-c2ccncc2)cc(NCCCNC(=O)CCN(Cc2ccc(OC(F)(F)F)c(Cl)c2)C(=O)OC(C)(C)C)c2cnn(C3CCCCO3)c12. The highest BCUT2D eigenvalue weighted by molar-refractivity contribution is 6.32. The van der Waals surface area contributed by atoms with Crippen LogP contribution < -0.4 is 15.4 Å². The molecule has 2 aromatic carbocycles. The number of alkyl halides is 3. The minimum Gasteiger partial charge on any atom is -0.444 e. The molecule has 2 amide bonds. The van der Waals surface area contributed by atoms with Crippen molar-refractivity contribution in [3.05, 3.63) is 71.1 Å². The molecule has 0 radical (unpaired) electrons. The third kappa shape index (κ3) is 10.5. The predicted octanol–water partition coefficient (Wildman–Crippen LogP) is 8.40. The highest BCUT2D eigenvalue weighted by Gasteiger charge is 2.32. The third-order valence-corrected chi connectivity index (χ3v) is 8.70. The van der Waals surface area contributed by atoms with Crippen LogP contribution in [0, 0.1) is 6.92 Å². The van der Waals surface area contributed by atoms with Crippen LogP contribution in [-0.2, 0) is 20.8 Å². The Hall–Kier alpha value is -4.56. The van der Waals surface area contributed by atoms with Gasteiger partial charge in [-0.05, 0) is 106 Å². The molecule has 1 saturated heterocycles. The summed E-state index contributed by atoms with van der Waals surface area (Å²) in [5, 5.41) is 11.9. The lowest BCUT2D eigenvalue weighted by Gasteiger charge is -2.27. The zero-order valence-electron chi connectivity index (χ0n) is 29.7. The van der Waals surface area contributed by atoms with Crippen LogP contribution in [0.4, 0.5) is 23.7 Å². The summed E-state index contributed by atoms with van der Waals surface area (Å²) in [7, 11) is 0. The monoisotopic (exact) mass is 744 g/mol. The molecule has 11 nitrogen and oxygen atoms in total. The summed E-state index contributed by atoms with van der Waals surface area (Å²) in [4.78, 5) is 31.4. The molecule has 5 rings (SSSR count). The topological polar surface area (TPSA) is 120 Å². The Morgan fingerprint density at radius 2 is 1.87 bits per heavy atom. The molecular weight excluding hydrogens is 701 g/mol. The molecule has 2 N–H and O–H groups in total. The molecule has 0 aliphatic carbocycles. The van der Waals surface area contributed by atoms with Crippen molar-refractivity contribution in [3.8, 4) is 16.9 Å². The fourth-order valence-electron chi connectivity index (χ4n) is 6.00. The summed E-state index contributed by atoms with van der Waals surface area (Å²) >= 11 is 6.02. The molecule has 3 heterocycles. The summed E-state index contributed by atoms with van der Waals surface area (Å²) in [6, 6.07) is 9.81. The van der Waals surface area contributed by atoms with Gasteiger partial charge in [0, 0.05) is 62.7 Å². The van der Waals surface area contributed by atoms with Gasteiger partial charge in [-0.3, -0.25) is 9.78 Å². The van der Waals surface area contributed by atoms with Crippen molar-refractivity contribution in [3.63, 3.8) is 0 Å². The zero-order chi connectivity index (χ0) is 37.5. The molecule has 15 heteroatoms. The van der Waals surface area contributed by atoms with E-state index in [2.05, 4.69) is 33.3 Å². The van der Waals surface area contributed by atoms with Gasteiger partial charge in [-0.25, -0.2) is 9.48 Å². The summed E-state index contributed by atoms with van der Waals surface area (Å²) in [6.07, 6.45) is 3.33. The van der Waals surface area contributed by atoms with Crippen molar-refractivity contribution in [2.24, 2.45) is 0 Å². The molecule has 0 bridgehead atoms. The fraction of sp³-hybridized carbons (Fsp3) is 0.459. The number of rotatable bonds is 13. The van der Waals surface area contributed by atoms with Gasteiger partial charge in [0.25, 0.3) is 0 Å². The van der Waals surface area contributed by atoms with E-state index in [1.807, 2.05) is 23.0 Å². The molecule has 4 aromatic rings. The number of aryl methyl sites for hydroxylation is 1. The van der Waals surface area contributed by atoms with Gasteiger partial charge in [-0.2, -0.15) is 5.10 Å². The van der Waals surface area contributed by atoms with Crippen LogP contribution in [0.25, 0.3) is 22.0 Å². The number of halogens is 4. The highest BCUT2D eigenvalue weighted by atomic mass is 35.5. The number of aromatic nitrogens is 3. The lowest BCUT2D eigenvalue weighted by Crippen LogP contribution is -2.39. The number of benzene rings is 2. The minimum absolute atomic E-state index is 0.00521. The van der Waals surface area contributed by atoms with E-state index in [-0.39, 0.29) is 36.7 Å². The average molecular weight is 745 g/mol.